The first-order chi connectivity index (χ1) is 6.02. The Morgan fingerprint density at radius 3 is 2.54 bits per heavy atom. The third kappa shape index (κ3) is 2.84. The lowest BCUT2D eigenvalue weighted by Crippen LogP contribution is -2.04. The van der Waals surface area contributed by atoms with Gasteiger partial charge in [-0.15, -0.1) is 0 Å². The maximum Gasteiger partial charge on any atom is 0.0495 e. The smallest absolute Gasteiger partial charge is 0.0495 e. The summed E-state index contributed by atoms with van der Waals surface area (Å²) in [6.07, 6.45) is 0. The fourth-order valence-electron chi connectivity index (χ4n) is 1.07. The molecule has 0 aliphatic heterocycles. The van der Waals surface area contributed by atoms with Crippen molar-refractivity contribution in [3.8, 4) is 0 Å². The van der Waals surface area contributed by atoms with Crippen molar-refractivity contribution in [2.45, 2.75) is 13.5 Å². The summed E-state index contributed by atoms with van der Waals surface area (Å²) in [5.74, 6) is 0. The predicted octanol–water partition coefficient (Wildman–Crippen LogP) is 4.04. The van der Waals surface area contributed by atoms with Crippen molar-refractivity contribution in [1.29, 1.82) is 0 Å². The minimum absolute atomic E-state index is 0.714. The summed E-state index contributed by atoms with van der Waals surface area (Å²) >= 11 is 15.4. The van der Waals surface area contributed by atoms with Crippen LogP contribution in [0.2, 0.25) is 10.0 Å². The van der Waals surface area contributed by atoms with Gasteiger partial charge in [-0.1, -0.05) is 29.3 Å². The van der Waals surface area contributed by atoms with E-state index >= 15 is 0 Å². The molecular formula is C9H10BrCl2N. The van der Waals surface area contributed by atoms with Crippen LogP contribution in [0.5, 0.6) is 0 Å². The van der Waals surface area contributed by atoms with Crippen LogP contribution in [0.4, 0.5) is 0 Å². The molecule has 1 aromatic carbocycles. The van der Waals surface area contributed by atoms with Crippen LogP contribution in [0.15, 0.2) is 12.1 Å². The van der Waals surface area contributed by atoms with Crippen LogP contribution in [0.25, 0.3) is 0 Å². The Balaban J connectivity index is 3.04. The summed E-state index contributed by atoms with van der Waals surface area (Å²) in [6, 6.07) is 3.81. The van der Waals surface area contributed by atoms with E-state index in [0.29, 0.717) is 5.02 Å². The van der Waals surface area contributed by atoms with Gasteiger partial charge in [-0.3, -0.25) is 0 Å². The topological polar surface area (TPSA) is 3.24 Å². The summed E-state index contributed by atoms with van der Waals surface area (Å²) in [5.41, 5.74) is 2.01. The van der Waals surface area contributed by atoms with Crippen LogP contribution >= 0.6 is 39.3 Å². The van der Waals surface area contributed by atoms with Gasteiger partial charge >= 0.3 is 0 Å². The van der Waals surface area contributed by atoms with Gasteiger partial charge < -0.3 is 0 Å². The monoisotopic (exact) mass is 281 g/mol. The number of benzene rings is 1. The predicted molar refractivity (Wildman–Crippen MR) is 61.6 cm³/mol. The molecule has 1 aromatic rings. The number of halogens is 3. The van der Waals surface area contributed by atoms with E-state index in [1.54, 1.807) is 0 Å². The molecule has 1 rings (SSSR count). The maximum absolute atomic E-state index is 6.11. The lowest BCUT2D eigenvalue weighted by molar-refractivity contribution is 0.585. The van der Waals surface area contributed by atoms with Gasteiger partial charge in [0.25, 0.3) is 0 Å². The van der Waals surface area contributed by atoms with Gasteiger partial charge in [0.05, 0.1) is 0 Å². The Morgan fingerprint density at radius 2 is 2.00 bits per heavy atom. The highest BCUT2D eigenvalue weighted by Crippen LogP contribution is 2.28. The van der Waals surface area contributed by atoms with Crippen molar-refractivity contribution in [2.75, 3.05) is 7.05 Å². The normalized spacial score (nSPS) is 10.9. The second kappa shape index (κ2) is 4.65. The zero-order chi connectivity index (χ0) is 10.0. The van der Waals surface area contributed by atoms with Crippen LogP contribution in [0.1, 0.15) is 11.1 Å². The Kier molecular flexibility index (Phi) is 4.05. The minimum Gasteiger partial charge on any atom is -0.241 e. The fraction of sp³-hybridized carbons (Fsp3) is 0.333. The van der Waals surface area contributed by atoms with Gasteiger partial charge in [-0.2, -0.15) is 0 Å². The highest BCUT2D eigenvalue weighted by atomic mass is 79.9. The molecule has 0 heterocycles. The maximum atomic E-state index is 6.11. The van der Waals surface area contributed by atoms with Crippen molar-refractivity contribution in [3.05, 3.63) is 33.3 Å². The van der Waals surface area contributed by atoms with E-state index in [1.807, 2.05) is 30.0 Å². The van der Waals surface area contributed by atoms with Crippen LogP contribution in [0.3, 0.4) is 0 Å². The second-order valence-corrected chi connectivity index (χ2v) is 4.90. The summed E-state index contributed by atoms with van der Waals surface area (Å²) in [6.45, 7) is 2.68. The van der Waals surface area contributed by atoms with E-state index in [1.165, 1.54) is 0 Å². The van der Waals surface area contributed by atoms with Crippen LogP contribution < -0.4 is 0 Å². The summed E-state index contributed by atoms with van der Waals surface area (Å²) in [4.78, 5) is 0. The standard InChI is InChI=1S/C9H10BrCl2N/c1-6-8(11)4-3-7(9(6)12)5-13(2)10/h3-4H,5H2,1-2H3. The number of nitrogens with zero attached hydrogens (tertiary/aromatic N) is 1. The molecule has 0 saturated carbocycles. The second-order valence-electron chi connectivity index (χ2n) is 2.91. The molecule has 0 unspecified atom stereocenters. The third-order valence-electron chi connectivity index (χ3n) is 1.79. The molecule has 0 radical (unpaired) electrons. The molecule has 0 saturated heterocycles. The van der Waals surface area contributed by atoms with Crippen LogP contribution in [-0.2, 0) is 6.54 Å². The highest BCUT2D eigenvalue weighted by Gasteiger charge is 2.07. The van der Waals surface area contributed by atoms with Gasteiger partial charge in [-0.25, -0.2) is 3.93 Å². The van der Waals surface area contributed by atoms with Gasteiger partial charge in [0.15, 0.2) is 0 Å². The first-order valence-corrected chi connectivity index (χ1v) is 5.29. The number of hydrogen-bond acceptors (Lipinski definition) is 1. The van der Waals surface area contributed by atoms with E-state index in [-0.39, 0.29) is 0 Å². The number of hydrogen-bond donors (Lipinski definition) is 0. The summed E-state index contributed by atoms with van der Waals surface area (Å²) < 4.78 is 1.89. The highest BCUT2D eigenvalue weighted by molar-refractivity contribution is 9.07. The van der Waals surface area contributed by atoms with E-state index in [0.717, 1.165) is 22.7 Å². The van der Waals surface area contributed by atoms with Gasteiger partial charge in [0, 0.05) is 32.7 Å². The van der Waals surface area contributed by atoms with E-state index in [9.17, 15) is 0 Å². The lowest BCUT2D eigenvalue weighted by Gasteiger charge is -2.11. The average molecular weight is 283 g/mol. The summed E-state index contributed by atoms with van der Waals surface area (Å²) in [5, 5.41) is 1.46. The Hall–Kier alpha value is 0.240. The molecule has 4 heteroatoms. The number of rotatable bonds is 2. The molecule has 0 bridgehead atoms. The molecule has 0 spiro atoms. The average Bonchev–Trinajstić information content (AvgIpc) is 2.06. The van der Waals surface area contributed by atoms with E-state index in [4.69, 9.17) is 23.2 Å². The minimum atomic E-state index is 0.714. The lowest BCUT2D eigenvalue weighted by atomic mass is 10.1. The first kappa shape index (κ1) is 11.3. The Bertz CT molecular complexity index is 313. The van der Waals surface area contributed by atoms with Gasteiger partial charge in [0.2, 0.25) is 0 Å². The largest absolute Gasteiger partial charge is 0.241 e. The molecule has 0 aliphatic rings. The molecule has 0 fully saturated rings. The summed E-state index contributed by atoms with van der Waals surface area (Å²) in [7, 11) is 1.93. The third-order valence-corrected chi connectivity index (χ3v) is 2.97. The molecular weight excluding hydrogens is 273 g/mol. The van der Waals surface area contributed by atoms with Crippen molar-refractivity contribution in [1.82, 2.24) is 3.93 Å². The van der Waals surface area contributed by atoms with Crippen LogP contribution in [-0.4, -0.2) is 11.0 Å². The van der Waals surface area contributed by atoms with Gasteiger partial charge in [0.1, 0.15) is 0 Å². The van der Waals surface area contributed by atoms with E-state index < -0.39 is 0 Å². The molecule has 0 N–H and O–H groups in total. The quantitative estimate of drug-likeness (QED) is 0.740. The molecule has 0 aliphatic carbocycles. The molecule has 0 atom stereocenters. The molecule has 0 aromatic heterocycles. The van der Waals surface area contributed by atoms with Crippen molar-refractivity contribution >= 4 is 39.3 Å². The van der Waals surface area contributed by atoms with Crippen molar-refractivity contribution < 1.29 is 0 Å². The molecule has 13 heavy (non-hydrogen) atoms. The van der Waals surface area contributed by atoms with E-state index in [2.05, 4.69) is 16.1 Å². The van der Waals surface area contributed by atoms with Gasteiger partial charge in [-0.05, 0) is 31.2 Å². The molecule has 0 amide bonds. The van der Waals surface area contributed by atoms with Crippen LogP contribution in [0, 0.1) is 6.92 Å². The molecule has 1 nitrogen and oxygen atoms in total. The molecule has 72 valence electrons. The Morgan fingerprint density at radius 1 is 1.38 bits per heavy atom. The zero-order valence-electron chi connectivity index (χ0n) is 7.44. The first-order valence-electron chi connectivity index (χ1n) is 3.82. The fourth-order valence-corrected chi connectivity index (χ4v) is 1.78. The van der Waals surface area contributed by atoms with Crippen molar-refractivity contribution in [2.24, 2.45) is 0 Å². The Labute approximate surface area is 97.0 Å². The zero-order valence-corrected chi connectivity index (χ0v) is 10.5. The van der Waals surface area contributed by atoms with Crippen molar-refractivity contribution in [3.63, 3.8) is 0 Å². The SMILES string of the molecule is Cc1c(Cl)ccc(CN(C)Br)c1Cl.